The van der Waals surface area contributed by atoms with Gasteiger partial charge in [0.05, 0.1) is 23.5 Å². The minimum Gasteiger partial charge on any atom is -0.465 e. The van der Waals surface area contributed by atoms with Crippen molar-refractivity contribution in [1.82, 2.24) is 0 Å². The van der Waals surface area contributed by atoms with E-state index in [9.17, 15) is 19.5 Å². The molecule has 8 heteroatoms. The number of rotatable bonds is 3. The van der Waals surface area contributed by atoms with Gasteiger partial charge in [-0.2, -0.15) is 0 Å². The number of esters is 2. The van der Waals surface area contributed by atoms with Gasteiger partial charge in [0.15, 0.2) is 5.78 Å². The fourth-order valence-corrected chi connectivity index (χ4v) is 5.44. The third-order valence-electron chi connectivity index (χ3n) is 7.00. The first-order valence-corrected chi connectivity index (χ1v) is 9.09. The monoisotopic (exact) mass is 380 g/mol. The highest BCUT2D eigenvalue weighted by Gasteiger charge is 2.86. The van der Waals surface area contributed by atoms with Crippen LogP contribution in [0.3, 0.4) is 0 Å². The van der Waals surface area contributed by atoms with Crippen molar-refractivity contribution < 1.29 is 38.4 Å². The van der Waals surface area contributed by atoms with Crippen molar-refractivity contribution >= 4 is 17.7 Å². The van der Waals surface area contributed by atoms with Gasteiger partial charge in [-0.1, -0.05) is 6.92 Å². The van der Waals surface area contributed by atoms with Gasteiger partial charge in [-0.3, -0.25) is 14.4 Å². The van der Waals surface area contributed by atoms with Crippen LogP contribution in [0.15, 0.2) is 11.6 Å². The Kier molecular flexibility index (Phi) is 3.87. The van der Waals surface area contributed by atoms with E-state index < -0.39 is 52.8 Å². The molecule has 2 saturated heterocycles. The minimum atomic E-state index is -1.11. The van der Waals surface area contributed by atoms with E-state index in [4.69, 9.17) is 18.9 Å². The van der Waals surface area contributed by atoms with Crippen molar-refractivity contribution in [3.63, 3.8) is 0 Å². The highest BCUT2D eigenvalue weighted by molar-refractivity contribution is 5.96. The smallest absolute Gasteiger partial charge is 0.303 e. The summed E-state index contributed by atoms with van der Waals surface area (Å²) in [6.45, 7) is 6.34. The molecule has 4 rings (SSSR count). The quantitative estimate of drug-likeness (QED) is 0.550. The third-order valence-corrected chi connectivity index (χ3v) is 7.00. The number of hydrogen-bond acceptors (Lipinski definition) is 8. The minimum absolute atomic E-state index is 0.0477. The fraction of sp³-hybridized carbons (Fsp3) is 0.737. The zero-order valence-electron chi connectivity index (χ0n) is 15.8. The Morgan fingerprint density at radius 1 is 1.33 bits per heavy atom. The van der Waals surface area contributed by atoms with Crippen LogP contribution in [0.2, 0.25) is 0 Å². The summed E-state index contributed by atoms with van der Waals surface area (Å²) in [5.41, 5.74) is -2.31. The SMILES string of the molecule is CC(=O)OC[C@@]12CC(=O)C(C)=C[C@H]1O[C@@H]1[C@@H](O)[C@@H](OC(C)=O)[C@]2(C)[C@@]12CO2. The Hall–Kier alpha value is -1.77. The first-order valence-electron chi connectivity index (χ1n) is 9.09. The standard InChI is InChI=1S/C19H24O8/c1-9-5-13-18(6-12(9)22,7-24-10(2)20)17(4)15(26-11(3)21)14(23)16(27-13)19(17)8-25-19/h5,13-16,23H,6-8H2,1-4H3/t13-,14+,15-,16-,17+,18+,19-/m1/s1. The van der Waals surface area contributed by atoms with Gasteiger partial charge in [-0.25, -0.2) is 0 Å². The fourth-order valence-electron chi connectivity index (χ4n) is 5.44. The molecule has 1 N–H and O–H groups in total. The lowest BCUT2D eigenvalue weighted by molar-refractivity contribution is -0.231. The van der Waals surface area contributed by atoms with Crippen molar-refractivity contribution in [1.29, 1.82) is 0 Å². The Balaban J connectivity index is 1.89. The molecule has 1 saturated carbocycles. The normalized spacial score (nSPS) is 47.3. The van der Waals surface area contributed by atoms with Crippen LogP contribution in [-0.2, 0) is 33.3 Å². The molecule has 148 valence electrons. The molecule has 3 fully saturated rings. The summed E-state index contributed by atoms with van der Waals surface area (Å²) >= 11 is 0. The van der Waals surface area contributed by atoms with Crippen molar-refractivity contribution in [3.05, 3.63) is 11.6 Å². The molecule has 0 radical (unpaired) electrons. The number of hydrogen-bond donors (Lipinski definition) is 1. The molecule has 8 nitrogen and oxygen atoms in total. The molecule has 0 unspecified atom stereocenters. The van der Waals surface area contributed by atoms with Gasteiger partial charge in [0.25, 0.3) is 0 Å². The van der Waals surface area contributed by atoms with Crippen molar-refractivity contribution in [2.75, 3.05) is 13.2 Å². The molecule has 27 heavy (non-hydrogen) atoms. The molecule has 0 aromatic rings. The lowest BCUT2D eigenvalue weighted by Crippen LogP contribution is -2.67. The van der Waals surface area contributed by atoms with Crippen LogP contribution in [0.5, 0.6) is 0 Å². The van der Waals surface area contributed by atoms with E-state index in [2.05, 4.69) is 0 Å². The number of allylic oxidation sites excluding steroid dienone is 1. The summed E-state index contributed by atoms with van der Waals surface area (Å²) in [6, 6.07) is 0. The summed E-state index contributed by atoms with van der Waals surface area (Å²) < 4.78 is 22.9. The first kappa shape index (κ1) is 18.6. The molecule has 2 heterocycles. The summed E-state index contributed by atoms with van der Waals surface area (Å²) in [5.74, 6) is -1.13. The van der Waals surface area contributed by atoms with Gasteiger partial charge >= 0.3 is 11.9 Å². The van der Waals surface area contributed by atoms with Crippen LogP contribution in [-0.4, -0.2) is 66.1 Å². The maximum Gasteiger partial charge on any atom is 0.303 e. The number of carbonyl (C=O) groups is 3. The second kappa shape index (κ2) is 5.62. The van der Waals surface area contributed by atoms with E-state index in [-0.39, 0.29) is 18.8 Å². The molecule has 1 spiro atoms. The predicted octanol–water partition coefficient (Wildman–Crippen LogP) is 0.304. The average molecular weight is 380 g/mol. The Morgan fingerprint density at radius 2 is 2.00 bits per heavy atom. The van der Waals surface area contributed by atoms with E-state index in [1.165, 1.54) is 13.8 Å². The van der Waals surface area contributed by atoms with E-state index in [1.807, 2.05) is 6.92 Å². The van der Waals surface area contributed by atoms with Gasteiger partial charge < -0.3 is 24.1 Å². The maximum atomic E-state index is 12.7. The Labute approximate surface area is 156 Å². The second-order valence-corrected chi connectivity index (χ2v) is 8.26. The van der Waals surface area contributed by atoms with E-state index in [1.54, 1.807) is 13.0 Å². The zero-order valence-corrected chi connectivity index (χ0v) is 15.8. The topological polar surface area (TPSA) is 112 Å². The average Bonchev–Trinajstić information content (AvgIpc) is 3.36. The number of ketones is 1. The van der Waals surface area contributed by atoms with Gasteiger partial charge in [-0.05, 0) is 18.6 Å². The highest BCUT2D eigenvalue weighted by atomic mass is 16.7. The number of carbonyl (C=O) groups excluding carboxylic acids is 3. The molecule has 2 bridgehead atoms. The van der Waals surface area contributed by atoms with Crippen molar-refractivity contribution in [2.45, 2.75) is 64.1 Å². The van der Waals surface area contributed by atoms with E-state index in [0.717, 1.165) is 0 Å². The second-order valence-electron chi connectivity index (χ2n) is 8.26. The molecule has 0 aromatic carbocycles. The van der Waals surface area contributed by atoms with E-state index in [0.29, 0.717) is 12.2 Å². The molecule has 2 aliphatic heterocycles. The lowest BCUT2D eigenvalue weighted by Gasteiger charge is -2.57. The molecule has 4 aliphatic rings. The van der Waals surface area contributed by atoms with Crippen molar-refractivity contribution in [3.8, 4) is 0 Å². The zero-order chi connectivity index (χ0) is 19.8. The summed E-state index contributed by atoms with van der Waals surface area (Å²) in [6.07, 6.45) is -1.55. The number of epoxide rings is 1. The van der Waals surface area contributed by atoms with Crippen LogP contribution in [0.1, 0.15) is 34.1 Å². The lowest BCUT2D eigenvalue weighted by atomic mass is 9.51. The van der Waals surface area contributed by atoms with Gasteiger partial charge in [0.1, 0.15) is 30.5 Å². The van der Waals surface area contributed by atoms with Gasteiger partial charge in [-0.15, -0.1) is 0 Å². The largest absolute Gasteiger partial charge is 0.465 e. The molecule has 2 aliphatic carbocycles. The molecular formula is C19H24O8. The Bertz CT molecular complexity index is 753. The Morgan fingerprint density at radius 3 is 2.56 bits per heavy atom. The van der Waals surface area contributed by atoms with Gasteiger partial charge in [0.2, 0.25) is 0 Å². The molecule has 7 atom stereocenters. The number of ether oxygens (including phenoxy) is 4. The highest BCUT2D eigenvalue weighted by Crippen LogP contribution is 2.71. The van der Waals surface area contributed by atoms with Crippen LogP contribution in [0.25, 0.3) is 0 Å². The van der Waals surface area contributed by atoms with Gasteiger partial charge in [0, 0.05) is 20.3 Å². The predicted molar refractivity (Wildman–Crippen MR) is 89.5 cm³/mol. The van der Waals surface area contributed by atoms with E-state index >= 15 is 0 Å². The summed E-state index contributed by atoms with van der Waals surface area (Å²) in [5, 5.41) is 10.9. The summed E-state index contributed by atoms with van der Waals surface area (Å²) in [4.78, 5) is 36.0. The molecular weight excluding hydrogens is 356 g/mol. The van der Waals surface area contributed by atoms with Crippen molar-refractivity contribution in [2.24, 2.45) is 10.8 Å². The first-order chi connectivity index (χ1) is 12.6. The summed E-state index contributed by atoms with van der Waals surface area (Å²) in [7, 11) is 0. The van der Waals surface area contributed by atoms with Crippen LogP contribution in [0, 0.1) is 10.8 Å². The maximum absolute atomic E-state index is 12.7. The number of fused-ring (bicyclic) bond motifs is 2. The number of aliphatic hydroxyl groups is 1. The molecule has 0 aromatic heterocycles. The number of Topliss-reactive ketones (excluding diaryl/α,β-unsaturated/α-hetero) is 1. The third kappa shape index (κ3) is 2.17. The molecule has 0 amide bonds. The number of aliphatic hydroxyl groups excluding tert-OH is 1. The van der Waals surface area contributed by atoms with Crippen LogP contribution < -0.4 is 0 Å². The van der Waals surface area contributed by atoms with Crippen LogP contribution >= 0.6 is 0 Å². The van der Waals surface area contributed by atoms with Crippen LogP contribution in [0.4, 0.5) is 0 Å².